The lowest BCUT2D eigenvalue weighted by Gasteiger charge is -2.56. The van der Waals surface area contributed by atoms with Gasteiger partial charge >= 0.3 is 0 Å². The van der Waals surface area contributed by atoms with Crippen molar-refractivity contribution in [1.82, 2.24) is 0 Å². The maximum atomic E-state index is 6.66. The highest BCUT2D eigenvalue weighted by Crippen LogP contribution is 2.37. The van der Waals surface area contributed by atoms with Crippen LogP contribution in [0.15, 0.2) is 0 Å². The van der Waals surface area contributed by atoms with Crippen molar-refractivity contribution in [2.24, 2.45) is 0 Å². The Morgan fingerprint density at radius 2 is 1.00 bits per heavy atom. The molecule has 0 aliphatic rings. The molecule has 0 saturated carbocycles. The zero-order chi connectivity index (χ0) is 14.1. The predicted octanol–water partition coefficient (Wildman–Crippen LogP) is 4.44. The van der Waals surface area contributed by atoms with Crippen molar-refractivity contribution in [3.05, 3.63) is 0 Å². The van der Waals surface area contributed by atoms with Crippen LogP contribution in [0, 0.1) is 0 Å². The highest BCUT2D eigenvalue weighted by molar-refractivity contribution is 7.87. The Bertz CT molecular complexity index is 214. The molecule has 0 N–H and O–H groups in total. The van der Waals surface area contributed by atoms with Crippen LogP contribution in [0.2, 0.25) is 58.9 Å². The normalized spacial score (nSPS) is 15.2. The Labute approximate surface area is 117 Å². The second-order valence-corrected chi connectivity index (χ2v) is 47.8. The average molecular weight is 327 g/mol. The van der Waals surface area contributed by atoms with Crippen molar-refractivity contribution >= 4 is 41.2 Å². The first-order chi connectivity index (χ1) is 7.31. The van der Waals surface area contributed by atoms with E-state index in [9.17, 15) is 0 Å². The van der Waals surface area contributed by atoms with E-state index < -0.39 is 29.6 Å². The van der Waals surface area contributed by atoms with E-state index in [1.165, 1.54) is 0 Å². The topological polar surface area (TPSA) is 9.23 Å². The molecular weight excluding hydrogens is 296 g/mol. The molecule has 0 atom stereocenters. The van der Waals surface area contributed by atoms with Gasteiger partial charge in [-0.2, -0.15) is 0 Å². The van der Waals surface area contributed by atoms with Crippen LogP contribution in [0.25, 0.3) is 0 Å². The van der Waals surface area contributed by atoms with Crippen molar-refractivity contribution < 1.29 is 4.43 Å². The molecule has 0 unspecified atom stereocenters. The van der Waals surface area contributed by atoms with E-state index in [0.29, 0.717) is 5.88 Å². The molecule has 0 bridgehead atoms. The van der Waals surface area contributed by atoms with Gasteiger partial charge in [0.15, 0.2) is 6.87 Å². The molecule has 1 nitrogen and oxygen atoms in total. The first-order valence-corrected chi connectivity index (χ1v) is 22.5. The van der Waals surface area contributed by atoms with E-state index in [1.54, 1.807) is 0 Å². The highest BCUT2D eigenvalue weighted by atomic mass is 35.5. The molecule has 0 aromatic heterocycles. The predicted molar refractivity (Wildman–Crippen MR) is 92.5 cm³/mol. The molecule has 104 valence electrons. The fraction of sp³-hybridized carbons (Fsp3) is 1.00. The second-order valence-electron chi connectivity index (χ2n) is 7.97. The smallest absolute Gasteiger partial charge is 0.158 e. The van der Waals surface area contributed by atoms with E-state index >= 15 is 0 Å². The zero-order valence-electron chi connectivity index (χ0n) is 13.2. The lowest BCUT2D eigenvalue weighted by atomic mass is 10.9. The van der Waals surface area contributed by atoms with Crippen molar-refractivity contribution in [2.45, 2.75) is 58.9 Å². The SMILES string of the molecule is C[Si](C)(C)[Si](OCCCl)([Si](C)(C)C)[Si](C)(C)C. The molecule has 0 aromatic rings. The largest absolute Gasteiger partial charge is 0.425 e. The minimum Gasteiger partial charge on any atom is -0.425 e. The summed E-state index contributed by atoms with van der Waals surface area (Å²) in [5.74, 6) is 0.647. The van der Waals surface area contributed by atoms with Crippen LogP contribution in [-0.2, 0) is 4.43 Å². The van der Waals surface area contributed by atoms with Gasteiger partial charge in [-0.15, -0.1) is 11.6 Å². The third-order valence-electron chi connectivity index (χ3n) is 3.56. The summed E-state index contributed by atoms with van der Waals surface area (Å²) in [6.07, 6.45) is 0. The van der Waals surface area contributed by atoms with Gasteiger partial charge in [0.2, 0.25) is 0 Å². The average Bonchev–Trinajstić information content (AvgIpc) is 1.96. The number of halogens is 1. The summed E-state index contributed by atoms with van der Waals surface area (Å²) in [5, 5.41) is 0. The maximum Gasteiger partial charge on any atom is 0.158 e. The Morgan fingerprint density at radius 3 is 1.18 bits per heavy atom. The fourth-order valence-corrected chi connectivity index (χ4v) is 98.7. The summed E-state index contributed by atoms with van der Waals surface area (Å²) < 4.78 is 6.66. The van der Waals surface area contributed by atoms with E-state index in [1.807, 2.05) is 0 Å². The van der Waals surface area contributed by atoms with E-state index in [2.05, 4.69) is 58.9 Å². The van der Waals surface area contributed by atoms with Gasteiger partial charge < -0.3 is 4.43 Å². The molecule has 6 heteroatoms. The Balaban J connectivity index is 5.75. The van der Waals surface area contributed by atoms with Crippen molar-refractivity contribution in [2.75, 3.05) is 12.5 Å². The zero-order valence-corrected chi connectivity index (χ0v) is 18.0. The van der Waals surface area contributed by atoms with E-state index in [-0.39, 0.29) is 0 Å². The van der Waals surface area contributed by atoms with Gasteiger partial charge in [0.1, 0.15) is 0 Å². The number of rotatable bonds is 6. The Morgan fingerprint density at radius 1 is 0.706 bits per heavy atom. The summed E-state index contributed by atoms with van der Waals surface area (Å²) >= 11 is 5.90. The standard InChI is InChI=1S/C11H31ClOSi4/c1-14(2,3)17(13-11-10-12,15(4,5)6)16(7,8)9/h10-11H2,1-9H3. The highest BCUT2D eigenvalue weighted by Gasteiger charge is 2.63. The fourth-order valence-electron chi connectivity index (χ4n) is 4.22. The monoisotopic (exact) mass is 326 g/mol. The summed E-state index contributed by atoms with van der Waals surface area (Å²) in [4.78, 5) is 0. The van der Waals surface area contributed by atoms with Crippen molar-refractivity contribution in [1.29, 1.82) is 0 Å². The van der Waals surface area contributed by atoms with Crippen LogP contribution in [0.1, 0.15) is 0 Å². The van der Waals surface area contributed by atoms with Crippen LogP contribution in [0.4, 0.5) is 0 Å². The summed E-state index contributed by atoms with van der Waals surface area (Å²) in [7, 11) is -3.79. The molecule has 0 heterocycles. The van der Waals surface area contributed by atoms with Gasteiger partial charge in [0.05, 0.1) is 22.8 Å². The van der Waals surface area contributed by atoms with Crippen LogP contribution in [-0.4, -0.2) is 42.1 Å². The number of hydrogen-bond donors (Lipinski definition) is 0. The van der Waals surface area contributed by atoms with Gasteiger partial charge in [-0.25, -0.2) is 0 Å². The molecule has 0 aliphatic heterocycles. The minimum atomic E-state index is -1.59. The number of hydrogen-bond acceptors (Lipinski definition) is 1. The van der Waals surface area contributed by atoms with Gasteiger partial charge in [-0.05, 0) is 0 Å². The van der Waals surface area contributed by atoms with Crippen LogP contribution >= 0.6 is 11.6 Å². The Kier molecular flexibility index (Phi) is 5.99. The molecule has 17 heavy (non-hydrogen) atoms. The van der Waals surface area contributed by atoms with Crippen LogP contribution in [0.3, 0.4) is 0 Å². The lowest BCUT2D eigenvalue weighted by molar-refractivity contribution is 0.357. The first-order valence-electron chi connectivity index (χ1n) is 6.51. The molecule has 0 radical (unpaired) electrons. The van der Waals surface area contributed by atoms with Gasteiger partial charge in [0.25, 0.3) is 0 Å². The summed E-state index contributed by atoms with van der Waals surface area (Å²) in [6.45, 7) is 22.0. The maximum absolute atomic E-state index is 6.66. The van der Waals surface area contributed by atoms with Crippen LogP contribution in [0.5, 0.6) is 0 Å². The third kappa shape index (κ3) is 3.57. The van der Waals surface area contributed by atoms with Gasteiger partial charge in [-0.1, -0.05) is 58.9 Å². The molecule has 0 aromatic carbocycles. The molecule has 0 saturated heterocycles. The Hall–Kier alpha value is 1.12. The first kappa shape index (κ1) is 18.1. The second kappa shape index (κ2) is 5.62. The summed E-state index contributed by atoms with van der Waals surface area (Å²) in [6, 6.07) is 0. The van der Waals surface area contributed by atoms with Gasteiger partial charge in [0, 0.05) is 12.5 Å². The molecule has 0 amide bonds. The molecule has 0 fully saturated rings. The van der Waals surface area contributed by atoms with Crippen LogP contribution < -0.4 is 0 Å². The van der Waals surface area contributed by atoms with Crippen molar-refractivity contribution in [3.63, 3.8) is 0 Å². The third-order valence-corrected chi connectivity index (χ3v) is 71.5. The summed E-state index contributed by atoms with van der Waals surface area (Å²) in [5.41, 5.74) is 0. The minimum absolute atomic E-state index is 0.647. The number of alkyl halides is 1. The molecule has 0 spiro atoms. The van der Waals surface area contributed by atoms with E-state index in [0.717, 1.165) is 6.61 Å². The molecule has 0 aliphatic carbocycles. The lowest BCUT2D eigenvalue weighted by Crippen LogP contribution is -2.84. The van der Waals surface area contributed by atoms with Crippen molar-refractivity contribution in [3.8, 4) is 0 Å². The molecular formula is C11H31ClOSi4. The quantitative estimate of drug-likeness (QED) is 0.518. The molecule has 0 rings (SSSR count). The van der Waals surface area contributed by atoms with Gasteiger partial charge in [-0.3, -0.25) is 0 Å². The van der Waals surface area contributed by atoms with E-state index in [4.69, 9.17) is 16.0 Å².